The highest BCUT2D eigenvalue weighted by atomic mass is 16.3. The number of furan rings is 1. The Morgan fingerprint density at radius 1 is 0.271 bits per heavy atom. The molecule has 274 valence electrons. The van der Waals surface area contributed by atoms with Crippen LogP contribution in [0.5, 0.6) is 0 Å². The Morgan fingerprint density at radius 3 is 1.63 bits per heavy atom. The lowest BCUT2D eigenvalue weighted by Crippen LogP contribution is -2.00. The Bertz CT molecular complexity index is 3590. The van der Waals surface area contributed by atoms with Gasteiger partial charge in [0.15, 0.2) is 17.5 Å². The van der Waals surface area contributed by atoms with Gasteiger partial charge in [0.1, 0.15) is 11.2 Å². The smallest absolute Gasteiger partial charge is 0.164 e. The Hall–Kier alpha value is -7.95. The van der Waals surface area contributed by atoms with Crippen molar-refractivity contribution in [3.05, 3.63) is 200 Å². The summed E-state index contributed by atoms with van der Waals surface area (Å²) < 4.78 is 6.25. The van der Waals surface area contributed by atoms with Crippen LogP contribution in [0, 0.1) is 0 Å². The third-order valence-corrected chi connectivity index (χ3v) is 11.7. The molecule has 0 saturated heterocycles. The van der Waals surface area contributed by atoms with Crippen molar-refractivity contribution in [2.24, 2.45) is 0 Å². The van der Waals surface area contributed by atoms with E-state index in [1.165, 1.54) is 37.9 Å². The van der Waals surface area contributed by atoms with E-state index in [-0.39, 0.29) is 0 Å². The first-order chi connectivity index (χ1) is 29.2. The van der Waals surface area contributed by atoms with Crippen molar-refractivity contribution >= 4 is 65.0 Å². The molecule has 0 aliphatic rings. The summed E-state index contributed by atoms with van der Waals surface area (Å²) in [4.78, 5) is 15.3. The fourth-order valence-electron chi connectivity index (χ4n) is 8.91. The first kappa shape index (κ1) is 33.2. The van der Waals surface area contributed by atoms with Crippen molar-refractivity contribution in [3.8, 4) is 56.4 Å². The minimum Gasteiger partial charge on any atom is -0.456 e. The maximum atomic E-state index is 6.25. The number of nitrogens with zero attached hydrogens (tertiary/aromatic N) is 3. The van der Waals surface area contributed by atoms with E-state index in [0.29, 0.717) is 17.5 Å². The Morgan fingerprint density at radius 2 is 0.814 bits per heavy atom. The van der Waals surface area contributed by atoms with E-state index in [2.05, 4.69) is 152 Å². The van der Waals surface area contributed by atoms with Gasteiger partial charge in [-0.15, -0.1) is 0 Å². The van der Waals surface area contributed by atoms with Gasteiger partial charge >= 0.3 is 0 Å². The SMILES string of the molecule is c1ccc(-c2nc(-c3ccc(-c4cc5ccccc5c5c4ccc4ccccc45)cc3)nc(-c3ccc4c(-c5cccc6oc7ccccc7c56)cccc4c3)n2)cc1. The molecule has 0 bridgehead atoms. The highest BCUT2D eigenvalue weighted by molar-refractivity contribution is 6.24. The van der Waals surface area contributed by atoms with E-state index in [4.69, 9.17) is 19.4 Å². The summed E-state index contributed by atoms with van der Waals surface area (Å²) in [6.45, 7) is 0. The largest absolute Gasteiger partial charge is 0.456 e. The molecule has 12 rings (SSSR count). The van der Waals surface area contributed by atoms with Crippen molar-refractivity contribution in [2.75, 3.05) is 0 Å². The fraction of sp³-hybridized carbons (Fsp3) is 0. The number of benzene rings is 10. The average Bonchev–Trinajstić information content (AvgIpc) is 3.70. The van der Waals surface area contributed by atoms with E-state index < -0.39 is 0 Å². The third kappa shape index (κ3) is 5.49. The van der Waals surface area contributed by atoms with Gasteiger partial charge in [0.05, 0.1) is 0 Å². The van der Waals surface area contributed by atoms with E-state index in [0.717, 1.165) is 66.1 Å². The highest BCUT2D eigenvalue weighted by Gasteiger charge is 2.17. The second kappa shape index (κ2) is 13.3. The zero-order valence-electron chi connectivity index (χ0n) is 31.8. The van der Waals surface area contributed by atoms with E-state index in [1.807, 2.05) is 48.5 Å². The summed E-state index contributed by atoms with van der Waals surface area (Å²) in [5.74, 6) is 1.89. The number of hydrogen-bond acceptors (Lipinski definition) is 4. The molecular formula is C55H33N3O. The summed E-state index contributed by atoms with van der Waals surface area (Å²) in [6, 6.07) is 70.5. The van der Waals surface area contributed by atoms with E-state index >= 15 is 0 Å². The van der Waals surface area contributed by atoms with Crippen LogP contribution in [-0.2, 0) is 0 Å². The van der Waals surface area contributed by atoms with Gasteiger partial charge in [-0.2, -0.15) is 0 Å². The molecule has 4 heteroatoms. The van der Waals surface area contributed by atoms with Crippen molar-refractivity contribution < 1.29 is 4.42 Å². The molecule has 0 atom stereocenters. The molecule has 0 unspecified atom stereocenters. The van der Waals surface area contributed by atoms with Crippen LogP contribution in [0.4, 0.5) is 0 Å². The lowest BCUT2D eigenvalue weighted by Gasteiger charge is -2.14. The number of aromatic nitrogens is 3. The zero-order valence-corrected chi connectivity index (χ0v) is 31.8. The molecule has 2 aromatic heterocycles. The summed E-state index contributed by atoms with van der Waals surface area (Å²) in [5.41, 5.74) is 9.20. The summed E-state index contributed by atoms with van der Waals surface area (Å²) in [7, 11) is 0. The number of fused-ring (bicyclic) bond motifs is 9. The third-order valence-electron chi connectivity index (χ3n) is 11.7. The Kier molecular flexibility index (Phi) is 7.50. The van der Waals surface area contributed by atoms with Crippen LogP contribution in [0.2, 0.25) is 0 Å². The molecule has 10 aromatic carbocycles. The molecule has 0 radical (unpaired) electrons. The second-order valence-corrected chi connectivity index (χ2v) is 15.1. The first-order valence-electron chi connectivity index (χ1n) is 19.9. The van der Waals surface area contributed by atoms with Gasteiger partial charge in [-0.05, 0) is 89.6 Å². The second-order valence-electron chi connectivity index (χ2n) is 15.1. The molecule has 0 spiro atoms. The molecule has 4 nitrogen and oxygen atoms in total. The molecular weight excluding hydrogens is 719 g/mol. The maximum Gasteiger partial charge on any atom is 0.164 e. The molecule has 0 amide bonds. The predicted molar refractivity (Wildman–Crippen MR) is 244 cm³/mol. The Labute approximate surface area is 339 Å². The lowest BCUT2D eigenvalue weighted by molar-refractivity contribution is 0.669. The highest BCUT2D eigenvalue weighted by Crippen LogP contribution is 2.41. The van der Waals surface area contributed by atoms with Crippen molar-refractivity contribution in [1.29, 1.82) is 0 Å². The van der Waals surface area contributed by atoms with E-state index in [9.17, 15) is 0 Å². The minimum absolute atomic E-state index is 0.626. The van der Waals surface area contributed by atoms with Crippen LogP contribution in [0.1, 0.15) is 0 Å². The van der Waals surface area contributed by atoms with Crippen LogP contribution < -0.4 is 0 Å². The number of hydrogen-bond donors (Lipinski definition) is 0. The Balaban J connectivity index is 0.977. The van der Waals surface area contributed by atoms with Gasteiger partial charge in [0.25, 0.3) is 0 Å². The number of para-hydroxylation sites is 1. The van der Waals surface area contributed by atoms with Gasteiger partial charge in [-0.1, -0.05) is 176 Å². The maximum absolute atomic E-state index is 6.25. The van der Waals surface area contributed by atoms with Crippen molar-refractivity contribution in [3.63, 3.8) is 0 Å². The lowest BCUT2D eigenvalue weighted by atomic mass is 9.90. The van der Waals surface area contributed by atoms with Gasteiger partial charge in [-0.25, -0.2) is 15.0 Å². The molecule has 0 aliphatic carbocycles. The molecule has 12 aromatic rings. The quantitative estimate of drug-likeness (QED) is 0.164. The standard InChI is InChI=1S/C55H33N3O/c1-2-13-36(14-3-1)53-56-54(37-26-24-35(25-27-37)48-33-39-15-5-7-18-43(39)51-42-17-6-4-12-34(42)28-31-46(48)51)58-55(57-53)40-29-30-41-38(32-40)16-10-20-44(41)45-21-11-23-50-52(45)47-19-8-9-22-49(47)59-50/h1-33H. The van der Waals surface area contributed by atoms with Gasteiger partial charge in [-0.3, -0.25) is 0 Å². The van der Waals surface area contributed by atoms with Crippen molar-refractivity contribution in [2.45, 2.75) is 0 Å². The summed E-state index contributed by atoms with van der Waals surface area (Å²) >= 11 is 0. The van der Waals surface area contributed by atoms with Crippen LogP contribution in [0.15, 0.2) is 205 Å². The van der Waals surface area contributed by atoms with Gasteiger partial charge in [0, 0.05) is 27.5 Å². The topological polar surface area (TPSA) is 51.8 Å². The molecule has 0 saturated carbocycles. The van der Waals surface area contributed by atoms with E-state index in [1.54, 1.807) is 0 Å². The van der Waals surface area contributed by atoms with Crippen LogP contribution in [0.25, 0.3) is 121 Å². The van der Waals surface area contributed by atoms with Crippen LogP contribution >= 0.6 is 0 Å². The fourth-order valence-corrected chi connectivity index (χ4v) is 8.91. The van der Waals surface area contributed by atoms with Crippen molar-refractivity contribution in [1.82, 2.24) is 15.0 Å². The average molecular weight is 752 g/mol. The van der Waals surface area contributed by atoms with Gasteiger partial charge < -0.3 is 4.42 Å². The molecule has 0 fully saturated rings. The van der Waals surface area contributed by atoms with Crippen LogP contribution in [-0.4, -0.2) is 15.0 Å². The first-order valence-corrected chi connectivity index (χ1v) is 19.9. The monoisotopic (exact) mass is 751 g/mol. The molecule has 2 heterocycles. The summed E-state index contributed by atoms with van der Waals surface area (Å²) in [6.07, 6.45) is 0. The van der Waals surface area contributed by atoms with Crippen LogP contribution in [0.3, 0.4) is 0 Å². The molecule has 0 N–H and O–H groups in total. The van der Waals surface area contributed by atoms with Gasteiger partial charge in [0.2, 0.25) is 0 Å². The predicted octanol–water partition coefficient (Wildman–Crippen LogP) is 14.7. The normalized spacial score (nSPS) is 11.7. The molecule has 0 aliphatic heterocycles. The number of rotatable bonds is 5. The summed E-state index contributed by atoms with van der Waals surface area (Å²) in [5, 5.41) is 12.0. The zero-order chi connectivity index (χ0) is 38.9. The minimum atomic E-state index is 0.626. The molecule has 59 heavy (non-hydrogen) atoms.